The Morgan fingerprint density at radius 2 is 1.90 bits per heavy atom. The summed E-state index contributed by atoms with van der Waals surface area (Å²) in [6.45, 7) is 2.53. The molecule has 0 spiro atoms. The van der Waals surface area contributed by atoms with Crippen molar-refractivity contribution in [2.75, 3.05) is 32.2 Å². The van der Waals surface area contributed by atoms with Crippen LogP contribution in [0.4, 0.5) is 5.69 Å². The van der Waals surface area contributed by atoms with Gasteiger partial charge in [0.2, 0.25) is 5.91 Å². The van der Waals surface area contributed by atoms with Crippen LogP contribution in [0.25, 0.3) is 0 Å². The number of hydrogen-bond acceptors (Lipinski definition) is 5. The quantitative estimate of drug-likeness (QED) is 0.740. The zero-order valence-electron chi connectivity index (χ0n) is 16.9. The predicted octanol–water partition coefficient (Wildman–Crippen LogP) is 2.57. The summed E-state index contributed by atoms with van der Waals surface area (Å²) in [5, 5.41) is 2.91. The highest BCUT2D eigenvalue weighted by Crippen LogP contribution is 2.33. The molecular weight excluding hydrogens is 372 g/mol. The van der Waals surface area contributed by atoms with Gasteiger partial charge in [-0.1, -0.05) is 18.2 Å². The first kappa shape index (κ1) is 20.5. The van der Waals surface area contributed by atoms with Gasteiger partial charge in [0.1, 0.15) is 5.75 Å². The first-order chi connectivity index (χ1) is 14.0. The molecule has 0 fully saturated rings. The number of methoxy groups -OCH3 is 2. The minimum absolute atomic E-state index is 0.102. The molecule has 2 amide bonds. The highest BCUT2D eigenvalue weighted by atomic mass is 16.5. The van der Waals surface area contributed by atoms with Crippen molar-refractivity contribution in [2.24, 2.45) is 0 Å². The maximum absolute atomic E-state index is 12.5. The average molecular weight is 398 g/mol. The molecule has 0 bridgehead atoms. The Morgan fingerprint density at radius 3 is 2.66 bits per heavy atom. The first-order valence-corrected chi connectivity index (χ1v) is 9.58. The molecule has 0 saturated heterocycles. The molecule has 0 aliphatic carbocycles. The van der Waals surface area contributed by atoms with Crippen molar-refractivity contribution in [2.45, 2.75) is 25.9 Å². The van der Waals surface area contributed by atoms with E-state index in [1.165, 1.54) is 0 Å². The van der Waals surface area contributed by atoms with Crippen molar-refractivity contribution in [3.63, 3.8) is 0 Å². The summed E-state index contributed by atoms with van der Waals surface area (Å²) in [5.74, 6) is 1.75. The molecule has 2 aromatic rings. The van der Waals surface area contributed by atoms with Crippen LogP contribution in [0.5, 0.6) is 17.2 Å². The second-order valence-corrected chi connectivity index (χ2v) is 6.76. The monoisotopic (exact) mass is 398 g/mol. The lowest BCUT2D eigenvalue weighted by molar-refractivity contribution is -0.125. The van der Waals surface area contributed by atoms with Gasteiger partial charge >= 0.3 is 0 Å². The maximum Gasteiger partial charge on any atom is 0.267 e. The Labute approximate surface area is 170 Å². The van der Waals surface area contributed by atoms with Crippen LogP contribution in [0.15, 0.2) is 42.5 Å². The number of fused-ring (bicyclic) bond motifs is 1. The van der Waals surface area contributed by atoms with Gasteiger partial charge in [0, 0.05) is 19.5 Å². The van der Waals surface area contributed by atoms with E-state index in [1.54, 1.807) is 26.0 Å². The topological polar surface area (TPSA) is 77.1 Å². The summed E-state index contributed by atoms with van der Waals surface area (Å²) >= 11 is 0. The number of nitrogens with zero attached hydrogens (tertiary/aromatic N) is 1. The zero-order valence-corrected chi connectivity index (χ0v) is 16.9. The standard InChI is InChI=1S/C22H26N2O5/c1-15-22(26)24(17-6-4-5-7-18(17)29-15)13-11-21(25)23-12-10-16-8-9-19(27-2)20(14-16)28-3/h4-9,14-15H,10-13H2,1-3H3,(H,23,25). The zero-order chi connectivity index (χ0) is 20.8. The lowest BCUT2D eigenvalue weighted by Gasteiger charge is -2.32. The SMILES string of the molecule is COc1ccc(CCNC(=O)CCN2C(=O)C(C)Oc3ccccc32)cc1OC. The Kier molecular flexibility index (Phi) is 6.59. The second kappa shape index (κ2) is 9.32. The lowest BCUT2D eigenvalue weighted by Crippen LogP contribution is -2.45. The third-order valence-electron chi connectivity index (χ3n) is 4.82. The molecule has 1 unspecified atom stereocenters. The normalized spacial score (nSPS) is 15.3. The fourth-order valence-electron chi connectivity index (χ4n) is 3.27. The molecule has 0 radical (unpaired) electrons. The summed E-state index contributed by atoms with van der Waals surface area (Å²) in [4.78, 5) is 26.4. The van der Waals surface area contributed by atoms with E-state index in [4.69, 9.17) is 14.2 Å². The Hall–Kier alpha value is -3.22. The highest BCUT2D eigenvalue weighted by Gasteiger charge is 2.31. The second-order valence-electron chi connectivity index (χ2n) is 6.76. The third-order valence-corrected chi connectivity index (χ3v) is 4.82. The van der Waals surface area contributed by atoms with E-state index in [2.05, 4.69) is 5.32 Å². The summed E-state index contributed by atoms with van der Waals surface area (Å²) in [6.07, 6.45) is 0.333. The number of hydrogen-bond donors (Lipinski definition) is 1. The lowest BCUT2D eigenvalue weighted by atomic mass is 10.1. The molecule has 7 heteroatoms. The number of nitrogens with one attached hydrogen (secondary N) is 1. The van der Waals surface area contributed by atoms with Gasteiger partial charge in [0.15, 0.2) is 17.6 Å². The Balaban J connectivity index is 1.51. The number of ether oxygens (including phenoxy) is 3. The number of benzene rings is 2. The van der Waals surface area contributed by atoms with Crippen LogP contribution >= 0.6 is 0 Å². The summed E-state index contributed by atoms with van der Waals surface area (Å²) in [7, 11) is 3.19. The van der Waals surface area contributed by atoms with Gasteiger partial charge in [0.25, 0.3) is 5.91 Å². The van der Waals surface area contributed by atoms with Crippen LogP contribution in [-0.2, 0) is 16.0 Å². The molecule has 0 aromatic heterocycles. The molecule has 3 rings (SSSR count). The van der Waals surface area contributed by atoms with Gasteiger partial charge in [-0.15, -0.1) is 0 Å². The molecule has 1 aliphatic heterocycles. The van der Waals surface area contributed by atoms with Crippen LogP contribution < -0.4 is 24.4 Å². The molecule has 1 N–H and O–H groups in total. The molecule has 154 valence electrons. The van der Waals surface area contributed by atoms with E-state index in [0.29, 0.717) is 42.4 Å². The van der Waals surface area contributed by atoms with Gasteiger partial charge in [-0.25, -0.2) is 0 Å². The van der Waals surface area contributed by atoms with Gasteiger partial charge in [-0.05, 0) is 43.2 Å². The first-order valence-electron chi connectivity index (χ1n) is 9.58. The number of carbonyl (C=O) groups excluding carboxylic acids is 2. The van der Waals surface area contributed by atoms with E-state index in [-0.39, 0.29) is 18.2 Å². The summed E-state index contributed by atoms with van der Waals surface area (Å²) in [6, 6.07) is 13.1. The number of amides is 2. The molecule has 1 heterocycles. The molecule has 1 atom stereocenters. The summed E-state index contributed by atoms with van der Waals surface area (Å²) in [5.41, 5.74) is 1.74. The Morgan fingerprint density at radius 1 is 1.14 bits per heavy atom. The summed E-state index contributed by atoms with van der Waals surface area (Å²) < 4.78 is 16.1. The molecular formula is C22H26N2O5. The van der Waals surface area contributed by atoms with Gasteiger partial charge in [0.05, 0.1) is 19.9 Å². The molecule has 1 aliphatic rings. The van der Waals surface area contributed by atoms with E-state index in [9.17, 15) is 9.59 Å². The van der Waals surface area contributed by atoms with Gasteiger partial charge in [-0.3, -0.25) is 9.59 Å². The van der Waals surface area contributed by atoms with Crippen molar-refractivity contribution in [3.05, 3.63) is 48.0 Å². The van der Waals surface area contributed by atoms with Gasteiger partial charge < -0.3 is 24.4 Å². The van der Waals surface area contributed by atoms with Crippen LogP contribution in [0, 0.1) is 0 Å². The van der Waals surface area contributed by atoms with Crippen LogP contribution in [0.1, 0.15) is 18.9 Å². The van der Waals surface area contributed by atoms with Crippen molar-refractivity contribution in [3.8, 4) is 17.2 Å². The van der Waals surface area contributed by atoms with E-state index in [1.807, 2.05) is 42.5 Å². The predicted molar refractivity (Wildman–Crippen MR) is 110 cm³/mol. The van der Waals surface area contributed by atoms with Gasteiger partial charge in [-0.2, -0.15) is 0 Å². The van der Waals surface area contributed by atoms with E-state index in [0.717, 1.165) is 5.56 Å². The highest BCUT2D eigenvalue weighted by molar-refractivity contribution is 6.00. The number of rotatable bonds is 8. The number of para-hydroxylation sites is 2. The largest absolute Gasteiger partial charge is 0.493 e. The van der Waals surface area contributed by atoms with E-state index < -0.39 is 6.10 Å². The number of anilines is 1. The van der Waals surface area contributed by atoms with Crippen molar-refractivity contribution in [1.29, 1.82) is 0 Å². The van der Waals surface area contributed by atoms with Crippen molar-refractivity contribution < 1.29 is 23.8 Å². The van der Waals surface area contributed by atoms with Crippen LogP contribution in [0.3, 0.4) is 0 Å². The number of carbonyl (C=O) groups is 2. The van der Waals surface area contributed by atoms with Crippen LogP contribution in [-0.4, -0.2) is 45.2 Å². The van der Waals surface area contributed by atoms with Crippen molar-refractivity contribution in [1.82, 2.24) is 5.32 Å². The van der Waals surface area contributed by atoms with Crippen molar-refractivity contribution >= 4 is 17.5 Å². The minimum Gasteiger partial charge on any atom is -0.493 e. The molecule has 7 nitrogen and oxygen atoms in total. The smallest absolute Gasteiger partial charge is 0.267 e. The minimum atomic E-state index is -0.557. The third kappa shape index (κ3) is 4.80. The molecule has 29 heavy (non-hydrogen) atoms. The fraction of sp³-hybridized carbons (Fsp3) is 0.364. The average Bonchev–Trinajstić information content (AvgIpc) is 2.74. The fourth-order valence-corrected chi connectivity index (χ4v) is 3.27. The molecule has 2 aromatic carbocycles. The van der Waals surface area contributed by atoms with Crippen LogP contribution in [0.2, 0.25) is 0 Å². The van der Waals surface area contributed by atoms with E-state index >= 15 is 0 Å². The maximum atomic E-state index is 12.5. The Bertz CT molecular complexity index is 883. The molecule has 0 saturated carbocycles.